The van der Waals surface area contributed by atoms with Crippen LogP contribution in [-0.4, -0.2) is 46.4 Å². The maximum atomic E-state index is 6.23. The highest BCUT2D eigenvalue weighted by Gasteiger charge is 2.43. The number of nitrogens with zero attached hydrogens (tertiary/aromatic N) is 3. The average molecular weight is 343 g/mol. The van der Waals surface area contributed by atoms with Crippen molar-refractivity contribution in [2.24, 2.45) is 0 Å². The summed E-state index contributed by atoms with van der Waals surface area (Å²) in [4.78, 5) is 6.46. The standard InChI is InChI=1S/C19H25N3O3/c1-15-9-17(21-25-15)11-22-8-2-5-19(14-22)10-18(13-24-19)23-12-16-3-6-20-7-4-16/h3-4,6-7,9,18H,2,5,8,10-14H2,1H3/t18-,19-/m0/s1. The molecule has 0 N–H and O–H groups in total. The van der Waals surface area contributed by atoms with E-state index in [1.165, 1.54) is 0 Å². The number of rotatable bonds is 5. The fourth-order valence-electron chi connectivity index (χ4n) is 3.93. The first-order chi connectivity index (χ1) is 12.2. The van der Waals surface area contributed by atoms with Gasteiger partial charge in [0, 0.05) is 38.0 Å². The van der Waals surface area contributed by atoms with Gasteiger partial charge in [-0.25, -0.2) is 0 Å². The van der Waals surface area contributed by atoms with Crippen LogP contribution in [0.3, 0.4) is 0 Å². The lowest BCUT2D eigenvalue weighted by Gasteiger charge is -2.39. The van der Waals surface area contributed by atoms with E-state index in [-0.39, 0.29) is 11.7 Å². The van der Waals surface area contributed by atoms with Crippen LogP contribution < -0.4 is 0 Å². The highest BCUT2D eigenvalue weighted by Crippen LogP contribution is 2.36. The molecule has 2 aliphatic rings. The molecule has 2 aliphatic heterocycles. The molecule has 6 heteroatoms. The van der Waals surface area contributed by atoms with Gasteiger partial charge in [-0.15, -0.1) is 0 Å². The minimum atomic E-state index is -0.0695. The second-order valence-corrected chi connectivity index (χ2v) is 7.23. The molecule has 0 amide bonds. The lowest BCUT2D eigenvalue weighted by Crippen LogP contribution is -2.47. The van der Waals surface area contributed by atoms with Crippen molar-refractivity contribution in [3.63, 3.8) is 0 Å². The van der Waals surface area contributed by atoms with Crippen LogP contribution in [0.15, 0.2) is 35.1 Å². The van der Waals surface area contributed by atoms with E-state index in [0.29, 0.717) is 13.2 Å². The van der Waals surface area contributed by atoms with E-state index < -0.39 is 0 Å². The Balaban J connectivity index is 1.31. The first-order valence-corrected chi connectivity index (χ1v) is 9.00. The van der Waals surface area contributed by atoms with E-state index in [9.17, 15) is 0 Å². The Morgan fingerprint density at radius 1 is 1.36 bits per heavy atom. The average Bonchev–Trinajstić information content (AvgIpc) is 3.20. The van der Waals surface area contributed by atoms with Crippen LogP contribution in [0.5, 0.6) is 0 Å². The summed E-state index contributed by atoms with van der Waals surface area (Å²) < 4.78 is 17.5. The van der Waals surface area contributed by atoms with Crippen LogP contribution in [0.4, 0.5) is 0 Å². The molecular formula is C19H25N3O3. The molecular weight excluding hydrogens is 318 g/mol. The number of ether oxygens (including phenoxy) is 2. The molecule has 0 unspecified atom stereocenters. The minimum absolute atomic E-state index is 0.0695. The number of aryl methyl sites for hydroxylation is 1. The zero-order chi connectivity index (χ0) is 17.1. The Morgan fingerprint density at radius 2 is 2.24 bits per heavy atom. The first kappa shape index (κ1) is 16.7. The summed E-state index contributed by atoms with van der Waals surface area (Å²) in [5, 5.41) is 4.12. The molecule has 0 saturated carbocycles. The van der Waals surface area contributed by atoms with E-state index in [1.54, 1.807) is 12.4 Å². The van der Waals surface area contributed by atoms with E-state index in [1.807, 2.05) is 25.1 Å². The number of aromatic nitrogens is 2. The van der Waals surface area contributed by atoms with Gasteiger partial charge in [-0.1, -0.05) is 5.16 Å². The summed E-state index contributed by atoms with van der Waals surface area (Å²) in [6, 6.07) is 6.00. The third-order valence-electron chi connectivity index (χ3n) is 5.09. The molecule has 0 radical (unpaired) electrons. The summed E-state index contributed by atoms with van der Waals surface area (Å²) in [5.41, 5.74) is 2.08. The molecule has 0 bridgehead atoms. The van der Waals surface area contributed by atoms with Crippen molar-refractivity contribution in [3.05, 3.63) is 47.6 Å². The van der Waals surface area contributed by atoms with Gasteiger partial charge in [0.25, 0.3) is 0 Å². The van der Waals surface area contributed by atoms with E-state index in [4.69, 9.17) is 14.0 Å². The van der Waals surface area contributed by atoms with Gasteiger partial charge in [0.15, 0.2) is 0 Å². The third-order valence-corrected chi connectivity index (χ3v) is 5.09. The van der Waals surface area contributed by atoms with Crippen LogP contribution in [0, 0.1) is 6.92 Å². The van der Waals surface area contributed by atoms with Crippen molar-refractivity contribution in [3.8, 4) is 0 Å². The molecule has 1 spiro atoms. The molecule has 2 aromatic heterocycles. The predicted molar refractivity (Wildman–Crippen MR) is 91.9 cm³/mol. The molecule has 2 aromatic rings. The number of hydrogen-bond acceptors (Lipinski definition) is 6. The van der Waals surface area contributed by atoms with Gasteiger partial charge in [0.05, 0.1) is 30.6 Å². The third kappa shape index (κ3) is 4.08. The second kappa shape index (κ2) is 7.23. The summed E-state index contributed by atoms with van der Waals surface area (Å²) in [5.74, 6) is 0.864. The Labute approximate surface area is 148 Å². The monoisotopic (exact) mass is 343 g/mol. The fraction of sp³-hybridized carbons (Fsp3) is 0.579. The van der Waals surface area contributed by atoms with Crippen LogP contribution in [0.1, 0.15) is 36.3 Å². The van der Waals surface area contributed by atoms with Crippen molar-refractivity contribution >= 4 is 0 Å². The van der Waals surface area contributed by atoms with Crippen LogP contribution in [0.25, 0.3) is 0 Å². The van der Waals surface area contributed by atoms with Crippen LogP contribution in [0.2, 0.25) is 0 Å². The van der Waals surface area contributed by atoms with Gasteiger partial charge < -0.3 is 14.0 Å². The van der Waals surface area contributed by atoms with E-state index in [2.05, 4.69) is 15.0 Å². The van der Waals surface area contributed by atoms with Gasteiger partial charge in [-0.05, 0) is 44.0 Å². The lowest BCUT2D eigenvalue weighted by molar-refractivity contribution is -0.0551. The molecule has 0 aromatic carbocycles. The smallest absolute Gasteiger partial charge is 0.133 e. The second-order valence-electron chi connectivity index (χ2n) is 7.23. The van der Waals surface area contributed by atoms with Crippen LogP contribution >= 0.6 is 0 Å². The first-order valence-electron chi connectivity index (χ1n) is 9.00. The van der Waals surface area contributed by atoms with Crippen molar-refractivity contribution in [2.75, 3.05) is 19.7 Å². The number of likely N-dealkylation sites (tertiary alicyclic amines) is 1. The number of piperidine rings is 1. The summed E-state index contributed by atoms with van der Waals surface area (Å²) in [6.07, 6.45) is 6.99. The zero-order valence-corrected chi connectivity index (χ0v) is 14.7. The van der Waals surface area contributed by atoms with Gasteiger partial charge in [0.1, 0.15) is 5.76 Å². The minimum Gasteiger partial charge on any atom is -0.371 e. The molecule has 2 saturated heterocycles. The quantitative estimate of drug-likeness (QED) is 0.832. The van der Waals surface area contributed by atoms with Gasteiger partial charge >= 0.3 is 0 Å². The molecule has 2 fully saturated rings. The van der Waals surface area contributed by atoms with Crippen molar-refractivity contribution in [2.45, 2.75) is 51.0 Å². The van der Waals surface area contributed by atoms with Crippen molar-refractivity contribution in [1.29, 1.82) is 0 Å². The van der Waals surface area contributed by atoms with E-state index >= 15 is 0 Å². The van der Waals surface area contributed by atoms with Crippen LogP contribution in [-0.2, 0) is 22.6 Å². The number of hydrogen-bond donors (Lipinski definition) is 0. The fourth-order valence-corrected chi connectivity index (χ4v) is 3.93. The predicted octanol–water partition coefficient (Wildman–Crippen LogP) is 2.72. The maximum Gasteiger partial charge on any atom is 0.133 e. The summed E-state index contributed by atoms with van der Waals surface area (Å²) in [6.45, 7) is 6.08. The van der Waals surface area contributed by atoms with Crippen molar-refractivity contribution < 1.29 is 14.0 Å². The lowest BCUT2D eigenvalue weighted by atomic mass is 9.89. The van der Waals surface area contributed by atoms with Gasteiger partial charge in [-0.2, -0.15) is 0 Å². The summed E-state index contributed by atoms with van der Waals surface area (Å²) in [7, 11) is 0. The molecule has 4 rings (SSSR count). The highest BCUT2D eigenvalue weighted by molar-refractivity contribution is 5.08. The Hall–Kier alpha value is -1.76. The zero-order valence-electron chi connectivity index (χ0n) is 14.7. The topological polar surface area (TPSA) is 60.6 Å². The Morgan fingerprint density at radius 3 is 3.04 bits per heavy atom. The van der Waals surface area contributed by atoms with Gasteiger partial charge in [0.2, 0.25) is 0 Å². The maximum absolute atomic E-state index is 6.23. The van der Waals surface area contributed by atoms with Gasteiger partial charge in [-0.3, -0.25) is 9.88 Å². The Kier molecular flexibility index (Phi) is 4.83. The molecule has 4 heterocycles. The molecule has 0 aliphatic carbocycles. The largest absolute Gasteiger partial charge is 0.371 e. The van der Waals surface area contributed by atoms with E-state index in [0.717, 1.165) is 55.9 Å². The summed E-state index contributed by atoms with van der Waals surface area (Å²) >= 11 is 0. The SMILES string of the molecule is Cc1cc(CN2CCC[C@]3(C[C@H](OCc4ccncc4)CO3)C2)no1. The molecule has 25 heavy (non-hydrogen) atoms. The molecule has 6 nitrogen and oxygen atoms in total. The Bertz CT molecular complexity index is 690. The molecule has 2 atom stereocenters. The normalized spacial score (nSPS) is 27.2. The number of pyridine rings is 1. The van der Waals surface area contributed by atoms with Crippen molar-refractivity contribution in [1.82, 2.24) is 15.0 Å². The highest BCUT2D eigenvalue weighted by atomic mass is 16.6. The molecule has 134 valence electrons.